The van der Waals surface area contributed by atoms with Gasteiger partial charge in [0.2, 0.25) is 5.69 Å². The van der Waals surface area contributed by atoms with Crippen LogP contribution in [0, 0.1) is 37.7 Å². The highest BCUT2D eigenvalue weighted by atomic mass is 32.1. The number of anilines is 1. The molecule has 1 aromatic carbocycles. The molecule has 290 valence electrons. The maximum absolute atomic E-state index is 12.0. The number of azo groups is 1. The first-order chi connectivity index (χ1) is 25.8. The lowest BCUT2D eigenvalue weighted by atomic mass is 10.0. The highest BCUT2D eigenvalue weighted by molar-refractivity contribution is 7.17. The minimum Gasteiger partial charge on any atom is -0.469 e. The van der Waals surface area contributed by atoms with E-state index in [1.54, 1.807) is 6.92 Å². The molecule has 0 N–H and O–H groups in total. The minimum atomic E-state index is -0.557. The third-order valence-corrected chi connectivity index (χ3v) is 9.17. The Balaban J connectivity index is 1.64. The molecule has 14 heteroatoms. The third kappa shape index (κ3) is 17.5. The van der Waals surface area contributed by atoms with E-state index in [0.717, 1.165) is 30.8 Å². The van der Waals surface area contributed by atoms with E-state index in [9.17, 15) is 14.9 Å². The van der Waals surface area contributed by atoms with Gasteiger partial charge in [-0.05, 0) is 62.9 Å². The third-order valence-electron chi connectivity index (χ3n) is 8.10. The van der Waals surface area contributed by atoms with Crippen molar-refractivity contribution in [3.05, 3.63) is 57.8 Å². The van der Waals surface area contributed by atoms with Gasteiger partial charge in [-0.3, -0.25) is 9.59 Å². The van der Waals surface area contributed by atoms with Crippen LogP contribution in [0.1, 0.15) is 68.4 Å². The van der Waals surface area contributed by atoms with E-state index in [-0.39, 0.29) is 19.6 Å². The number of carbonyl (C=O) groups excluding carboxylic acids is 2. The summed E-state index contributed by atoms with van der Waals surface area (Å²) in [5.74, 6) is -1.46. The lowest BCUT2D eigenvalue weighted by molar-refractivity contribution is -0.154. The monoisotopic (exact) mass is 753 g/mol. The van der Waals surface area contributed by atoms with Crippen molar-refractivity contribution >= 4 is 45.3 Å². The number of unbranched alkanes of at least 4 members (excludes halogenated alkanes) is 3. The highest BCUT2D eigenvalue weighted by Gasteiger charge is 2.22. The maximum Gasteiger partial charge on any atom is 0.309 e. The van der Waals surface area contributed by atoms with Crippen LogP contribution < -0.4 is 4.90 Å². The van der Waals surface area contributed by atoms with Crippen LogP contribution in [0.3, 0.4) is 0 Å². The fourth-order valence-corrected chi connectivity index (χ4v) is 5.95. The standard InChI is InChI=1S/C39H55N5O8S/c1-7-9-11-12-16-44(33-14-15-34(30(3)27-33)42-43-38-37(41-5)31(4)35(29-40)53-38)17-18-48-19-20-49-21-22-50-23-24-51-25-26-52-36(45)28-32(13-10-8-2)39(46)47-6/h8,10,14-15,27,32H,7,9,11-13,16-26,28H2,1-4,6H3/b10-8+,43-42?. The molecule has 0 aliphatic heterocycles. The van der Waals surface area contributed by atoms with Crippen LogP contribution in [-0.2, 0) is 38.0 Å². The number of nitrogens with zero attached hydrogens (tertiary/aromatic N) is 5. The summed E-state index contributed by atoms with van der Waals surface area (Å²) in [7, 11) is 1.30. The zero-order chi connectivity index (χ0) is 38.7. The van der Waals surface area contributed by atoms with Gasteiger partial charge >= 0.3 is 11.9 Å². The molecule has 13 nitrogen and oxygen atoms in total. The Labute approximate surface area is 318 Å². The van der Waals surface area contributed by atoms with E-state index < -0.39 is 17.9 Å². The topological polar surface area (TPSA) is 146 Å². The van der Waals surface area contributed by atoms with Crippen molar-refractivity contribution in [1.82, 2.24) is 0 Å². The Hall–Kier alpha value is -4.18. The number of esters is 2. The van der Waals surface area contributed by atoms with Crippen molar-refractivity contribution in [3.63, 3.8) is 0 Å². The molecule has 1 heterocycles. The summed E-state index contributed by atoms with van der Waals surface area (Å²) in [6, 6.07) is 8.21. The van der Waals surface area contributed by atoms with Gasteiger partial charge in [0.05, 0.1) is 89.4 Å². The van der Waals surface area contributed by atoms with Crippen molar-refractivity contribution in [1.29, 1.82) is 5.26 Å². The lowest BCUT2D eigenvalue weighted by Crippen LogP contribution is -2.29. The van der Waals surface area contributed by atoms with Gasteiger partial charge in [-0.15, -0.1) is 11.3 Å². The highest BCUT2D eigenvalue weighted by Crippen LogP contribution is 2.42. The second kappa shape index (κ2) is 27.4. The molecule has 0 aliphatic carbocycles. The zero-order valence-corrected chi connectivity index (χ0v) is 32.7. The predicted octanol–water partition coefficient (Wildman–Crippen LogP) is 8.34. The molecular formula is C39H55N5O8S. The number of hydrogen-bond acceptors (Lipinski definition) is 13. The van der Waals surface area contributed by atoms with Gasteiger partial charge in [0.25, 0.3) is 0 Å². The van der Waals surface area contributed by atoms with Gasteiger partial charge in [-0.1, -0.05) is 38.3 Å². The van der Waals surface area contributed by atoms with Crippen LogP contribution in [0.25, 0.3) is 4.85 Å². The van der Waals surface area contributed by atoms with E-state index in [1.807, 2.05) is 38.1 Å². The van der Waals surface area contributed by atoms with Crippen molar-refractivity contribution in [2.24, 2.45) is 16.1 Å². The van der Waals surface area contributed by atoms with Gasteiger partial charge in [-0.25, -0.2) is 4.85 Å². The summed E-state index contributed by atoms with van der Waals surface area (Å²) in [6.45, 7) is 20.4. The maximum atomic E-state index is 12.0. The van der Waals surface area contributed by atoms with Crippen molar-refractivity contribution in [2.75, 3.05) is 84.6 Å². The average molecular weight is 754 g/mol. The number of allylic oxidation sites excluding steroid dienone is 2. The number of carbonyl (C=O) groups is 2. The van der Waals surface area contributed by atoms with Gasteiger partial charge < -0.3 is 33.3 Å². The lowest BCUT2D eigenvalue weighted by Gasteiger charge is -2.25. The summed E-state index contributed by atoms with van der Waals surface area (Å²) in [5, 5.41) is 18.5. The summed E-state index contributed by atoms with van der Waals surface area (Å²) in [4.78, 5) is 30.2. The van der Waals surface area contributed by atoms with Crippen LogP contribution in [0.15, 0.2) is 40.6 Å². The summed E-state index contributed by atoms with van der Waals surface area (Å²) >= 11 is 1.19. The molecule has 1 atom stereocenters. The second-order valence-electron chi connectivity index (χ2n) is 12.1. The Morgan fingerprint density at radius 1 is 0.962 bits per heavy atom. The van der Waals surface area contributed by atoms with E-state index in [0.29, 0.717) is 79.5 Å². The molecule has 0 aliphatic rings. The Kier molecular flexibility index (Phi) is 23.3. The van der Waals surface area contributed by atoms with Crippen molar-refractivity contribution < 1.29 is 38.0 Å². The van der Waals surface area contributed by atoms with Crippen LogP contribution in [-0.4, -0.2) is 91.6 Å². The number of thiophene rings is 1. The van der Waals surface area contributed by atoms with E-state index in [4.69, 9.17) is 35.0 Å². The van der Waals surface area contributed by atoms with Gasteiger partial charge in [0.1, 0.15) is 17.7 Å². The smallest absolute Gasteiger partial charge is 0.309 e. The first-order valence-corrected chi connectivity index (χ1v) is 18.9. The van der Waals surface area contributed by atoms with Gasteiger partial charge in [0.15, 0.2) is 0 Å². The number of ether oxygens (including phenoxy) is 6. The summed E-state index contributed by atoms with van der Waals surface area (Å²) in [5.41, 5.74) is 3.80. The molecular weight excluding hydrogens is 699 g/mol. The van der Waals surface area contributed by atoms with Crippen LogP contribution in [0.5, 0.6) is 0 Å². The summed E-state index contributed by atoms with van der Waals surface area (Å²) < 4.78 is 32.4. The second-order valence-corrected chi connectivity index (χ2v) is 13.1. The fourth-order valence-electron chi connectivity index (χ4n) is 5.08. The number of rotatable bonds is 28. The fraction of sp³-hybridized carbons (Fsp3) is 0.590. The Bertz CT molecular complexity index is 1530. The molecule has 0 spiro atoms. The molecule has 0 saturated carbocycles. The number of nitriles is 1. The minimum absolute atomic E-state index is 0.0377. The Morgan fingerprint density at radius 2 is 1.62 bits per heavy atom. The molecule has 0 fully saturated rings. The normalized spacial score (nSPS) is 11.8. The first kappa shape index (κ1) is 45.0. The SMILES string of the molecule is [C-]#[N+]c1c(N=Nc2ccc(N(CCCCCC)CCOCCOCCOCCOCCOC(=O)CC(C/C=C/C)C(=O)OC)cc2C)sc(C#N)c1C. The quantitative estimate of drug-likeness (QED) is 0.0273. The first-order valence-electron chi connectivity index (χ1n) is 18.1. The van der Waals surface area contributed by atoms with E-state index in [1.165, 1.54) is 37.7 Å². The zero-order valence-electron chi connectivity index (χ0n) is 31.9. The van der Waals surface area contributed by atoms with Gasteiger partial charge in [0, 0.05) is 18.8 Å². The van der Waals surface area contributed by atoms with E-state index >= 15 is 0 Å². The number of hydrogen-bond donors (Lipinski definition) is 0. The molecule has 1 aromatic heterocycles. The number of aryl methyl sites for hydroxylation is 1. The average Bonchev–Trinajstić information content (AvgIpc) is 3.48. The summed E-state index contributed by atoms with van der Waals surface area (Å²) in [6.07, 6.45) is 8.66. The van der Waals surface area contributed by atoms with Crippen molar-refractivity contribution in [3.8, 4) is 6.07 Å². The molecule has 1 unspecified atom stereocenters. The van der Waals surface area contributed by atoms with Gasteiger partial charge in [-0.2, -0.15) is 15.5 Å². The molecule has 2 rings (SSSR count). The van der Waals surface area contributed by atoms with Crippen LogP contribution in [0.2, 0.25) is 0 Å². The Morgan fingerprint density at radius 3 is 2.21 bits per heavy atom. The molecule has 53 heavy (non-hydrogen) atoms. The van der Waals surface area contributed by atoms with E-state index in [2.05, 4.69) is 39.0 Å². The number of benzene rings is 1. The van der Waals surface area contributed by atoms with Crippen molar-refractivity contribution in [2.45, 2.75) is 66.2 Å². The predicted molar refractivity (Wildman–Crippen MR) is 206 cm³/mol. The molecule has 0 bridgehead atoms. The largest absolute Gasteiger partial charge is 0.469 e. The molecule has 2 aromatic rings. The van der Waals surface area contributed by atoms with Crippen LogP contribution >= 0.6 is 11.3 Å². The molecule has 0 amide bonds. The molecule has 0 saturated heterocycles. The van der Waals surface area contributed by atoms with Crippen LogP contribution in [0.4, 0.5) is 22.1 Å². The number of methoxy groups -OCH3 is 1. The molecule has 0 radical (unpaired) electrons.